The van der Waals surface area contributed by atoms with Crippen molar-refractivity contribution >= 4 is 29.9 Å². The van der Waals surface area contributed by atoms with Crippen molar-refractivity contribution in [3.05, 3.63) is 29.3 Å². The molecule has 25 heavy (non-hydrogen) atoms. The number of halogens is 1. The molecule has 0 bridgehead atoms. The molecule has 142 valence electrons. The smallest absolute Gasteiger partial charge is 0.191 e. The van der Waals surface area contributed by atoms with Gasteiger partial charge in [0.15, 0.2) is 5.96 Å². The summed E-state index contributed by atoms with van der Waals surface area (Å²) in [4.78, 5) is 4.72. The van der Waals surface area contributed by atoms with Crippen LogP contribution in [-0.4, -0.2) is 39.9 Å². The first kappa shape index (κ1) is 22.0. The molecule has 0 atom stereocenters. The summed E-state index contributed by atoms with van der Waals surface area (Å²) in [5, 5.41) is 6.82. The molecule has 1 aliphatic rings. The number of ether oxygens (including phenoxy) is 2. The lowest BCUT2D eigenvalue weighted by molar-refractivity contribution is 0.172. The Morgan fingerprint density at radius 3 is 2.60 bits per heavy atom. The molecule has 0 amide bonds. The van der Waals surface area contributed by atoms with Crippen LogP contribution < -0.4 is 15.4 Å². The third-order valence-corrected chi connectivity index (χ3v) is 4.62. The first-order chi connectivity index (χ1) is 11.6. The van der Waals surface area contributed by atoms with Gasteiger partial charge in [0.1, 0.15) is 5.75 Å². The number of nitrogens with zero attached hydrogens (tertiary/aromatic N) is 1. The first-order valence-corrected chi connectivity index (χ1v) is 8.77. The van der Waals surface area contributed by atoms with Crippen molar-refractivity contribution in [1.82, 2.24) is 10.6 Å². The lowest BCUT2D eigenvalue weighted by Crippen LogP contribution is -2.40. The number of rotatable bonds is 9. The summed E-state index contributed by atoms with van der Waals surface area (Å²) in [6.45, 7) is 7.38. The van der Waals surface area contributed by atoms with Crippen molar-refractivity contribution in [1.29, 1.82) is 0 Å². The average Bonchev–Trinajstić information content (AvgIpc) is 3.36. The van der Waals surface area contributed by atoms with Gasteiger partial charge in [-0.3, -0.25) is 0 Å². The highest BCUT2D eigenvalue weighted by atomic mass is 127. The van der Waals surface area contributed by atoms with Crippen LogP contribution in [0.5, 0.6) is 5.75 Å². The summed E-state index contributed by atoms with van der Waals surface area (Å²) in [5.41, 5.74) is 2.69. The quantitative estimate of drug-likeness (QED) is 0.336. The second-order valence-corrected chi connectivity index (χ2v) is 6.61. The Morgan fingerprint density at radius 1 is 1.24 bits per heavy atom. The molecule has 1 fully saturated rings. The Labute approximate surface area is 169 Å². The van der Waals surface area contributed by atoms with Crippen molar-refractivity contribution in [2.24, 2.45) is 10.4 Å². The maximum atomic E-state index is 5.46. The fourth-order valence-corrected chi connectivity index (χ4v) is 2.77. The molecule has 0 saturated heterocycles. The first-order valence-electron chi connectivity index (χ1n) is 8.77. The topological polar surface area (TPSA) is 54.9 Å². The molecule has 1 aromatic carbocycles. The van der Waals surface area contributed by atoms with Crippen molar-refractivity contribution in [3.8, 4) is 5.75 Å². The Morgan fingerprint density at radius 2 is 2.00 bits per heavy atom. The van der Waals surface area contributed by atoms with Crippen LogP contribution in [0.1, 0.15) is 37.3 Å². The van der Waals surface area contributed by atoms with Gasteiger partial charge in [-0.05, 0) is 50.2 Å². The molecule has 2 N–H and O–H groups in total. The lowest BCUT2D eigenvalue weighted by atomic mass is 10.0. The standard InChI is InChI=1S/C19H31N3O2.HI/c1-5-20-18(22-14-19(8-9-19)10-11-23-3)21-13-16-7-6-15(2)12-17(16)24-4;/h6-7,12H,5,8-11,13-14H2,1-4H3,(H2,20,21,22);1H. The monoisotopic (exact) mass is 461 g/mol. The van der Waals surface area contributed by atoms with E-state index in [0.717, 1.165) is 43.4 Å². The molecule has 0 aromatic heterocycles. The Hall–Kier alpha value is -1.02. The molecule has 1 aliphatic carbocycles. The second kappa shape index (κ2) is 10.9. The largest absolute Gasteiger partial charge is 0.496 e. The van der Waals surface area contributed by atoms with Gasteiger partial charge in [0.25, 0.3) is 0 Å². The summed E-state index contributed by atoms with van der Waals surface area (Å²) in [6, 6.07) is 6.23. The van der Waals surface area contributed by atoms with E-state index in [-0.39, 0.29) is 24.0 Å². The van der Waals surface area contributed by atoms with Gasteiger partial charge in [-0.15, -0.1) is 24.0 Å². The predicted molar refractivity (Wildman–Crippen MR) is 114 cm³/mol. The Balaban J connectivity index is 0.00000312. The van der Waals surface area contributed by atoms with Crippen molar-refractivity contribution in [2.75, 3.05) is 33.9 Å². The summed E-state index contributed by atoms with van der Waals surface area (Å²) in [7, 11) is 3.47. The minimum absolute atomic E-state index is 0. The SMILES string of the molecule is CCNC(=NCc1ccc(C)cc1OC)NCC1(CCOC)CC1.I. The van der Waals surface area contributed by atoms with Crippen LogP contribution in [0.4, 0.5) is 0 Å². The van der Waals surface area contributed by atoms with Gasteiger partial charge >= 0.3 is 0 Å². The summed E-state index contributed by atoms with van der Waals surface area (Å²) >= 11 is 0. The number of aryl methyl sites for hydroxylation is 1. The van der Waals surface area contributed by atoms with Gasteiger partial charge in [0, 0.05) is 32.4 Å². The fraction of sp³-hybridized carbons (Fsp3) is 0.632. The van der Waals surface area contributed by atoms with E-state index in [1.54, 1.807) is 14.2 Å². The number of guanidine groups is 1. The van der Waals surface area contributed by atoms with Crippen molar-refractivity contribution in [2.45, 2.75) is 39.7 Å². The van der Waals surface area contributed by atoms with Crippen LogP contribution in [0.3, 0.4) is 0 Å². The average molecular weight is 461 g/mol. The van der Waals surface area contributed by atoms with E-state index in [9.17, 15) is 0 Å². The molecule has 5 nitrogen and oxygen atoms in total. The van der Waals surface area contributed by atoms with Crippen LogP contribution >= 0.6 is 24.0 Å². The highest BCUT2D eigenvalue weighted by Crippen LogP contribution is 2.48. The highest BCUT2D eigenvalue weighted by molar-refractivity contribution is 14.0. The van der Waals surface area contributed by atoms with E-state index < -0.39 is 0 Å². The second-order valence-electron chi connectivity index (χ2n) is 6.61. The molecular weight excluding hydrogens is 429 g/mol. The van der Waals surface area contributed by atoms with Gasteiger partial charge in [0.05, 0.1) is 13.7 Å². The Bertz CT molecular complexity index is 560. The maximum Gasteiger partial charge on any atom is 0.191 e. The van der Waals surface area contributed by atoms with Gasteiger partial charge in [0.2, 0.25) is 0 Å². The number of hydrogen-bond acceptors (Lipinski definition) is 3. The zero-order chi connectivity index (χ0) is 17.4. The normalized spacial score (nSPS) is 15.3. The molecule has 2 rings (SSSR count). The molecule has 0 unspecified atom stereocenters. The van der Waals surface area contributed by atoms with Crippen LogP contribution in [-0.2, 0) is 11.3 Å². The van der Waals surface area contributed by atoms with Crippen molar-refractivity contribution in [3.63, 3.8) is 0 Å². The van der Waals surface area contributed by atoms with Gasteiger partial charge in [-0.2, -0.15) is 0 Å². The zero-order valence-corrected chi connectivity index (χ0v) is 18.2. The van der Waals surface area contributed by atoms with Crippen LogP contribution in [0, 0.1) is 12.3 Å². The van der Waals surface area contributed by atoms with Gasteiger partial charge in [-0.25, -0.2) is 4.99 Å². The minimum atomic E-state index is 0. The highest BCUT2D eigenvalue weighted by Gasteiger charge is 2.41. The summed E-state index contributed by atoms with van der Waals surface area (Å²) in [6.07, 6.45) is 3.66. The molecule has 0 spiro atoms. The number of benzene rings is 1. The number of methoxy groups -OCH3 is 2. The fourth-order valence-electron chi connectivity index (χ4n) is 2.77. The lowest BCUT2D eigenvalue weighted by Gasteiger charge is -2.18. The van der Waals surface area contributed by atoms with E-state index in [1.165, 1.54) is 18.4 Å². The van der Waals surface area contributed by atoms with Crippen LogP contribution in [0.2, 0.25) is 0 Å². The minimum Gasteiger partial charge on any atom is -0.496 e. The molecular formula is C19H32IN3O2. The van der Waals surface area contributed by atoms with Crippen LogP contribution in [0.25, 0.3) is 0 Å². The molecule has 6 heteroatoms. The molecule has 0 radical (unpaired) electrons. The van der Waals surface area contributed by atoms with Crippen LogP contribution in [0.15, 0.2) is 23.2 Å². The van der Waals surface area contributed by atoms with Crippen molar-refractivity contribution < 1.29 is 9.47 Å². The number of aliphatic imine (C=N–C) groups is 1. The maximum absolute atomic E-state index is 5.46. The van der Waals surface area contributed by atoms with E-state index >= 15 is 0 Å². The molecule has 0 heterocycles. The number of hydrogen-bond donors (Lipinski definition) is 2. The Kier molecular flexibility index (Phi) is 9.56. The van der Waals surface area contributed by atoms with E-state index in [1.807, 2.05) is 0 Å². The summed E-state index contributed by atoms with van der Waals surface area (Å²) < 4.78 is 10.7. The van der Waals surface area contributed by atoms with Gasteiger partial charge in [-0.1, -0.05) is 12.1 Å². The molecule has 1 saturated carbocycles. The molecule has 1 aromatic rings. The third kappa shape index (κ3) is 7.01. The predicted octanol–water partition coefficient (Wildman–Crippen LogP) is 3.49. The van der Waals surface area contributed by atoms with Gasteiger partial charge < -0.3 is 20.1 Å². The number of nitrogens with one attached hydrogen (secondary N) is 2. The molecule has 0 aliphatic heterocycles. The third-order valence-electron chi connectivity index (χ3n) is 4.62. The van der Waals surface area contributed by atoms with E-state index in [2.05, 4.69) is 42.7 Å². The summed E-state index contributed by atoms with van der Waals surface area (Å²) in [5.74, 6) is 1.76. The van der Waals surface area contributed by atoms with E-state index in [0.29, 0.717) is 12.0 Å². The van der Waals surface area contributed by atoms with E-state index in [4.69, 9.17) is 14.5 Å². The zero-order valence-electron chi connectivity index (χ0n) is 15.9.